The molecule has 9 heteroatoms. The lowest BCUT2D eigenvalue weighted by molar-refractivity contribution is 0.102. The van der Waals surface area contributed by atoms with Crippen molar-refractivity contribution in [1.82, 2.24) is 0 Å². The monoisotopic (exact) mass is 439 g/mol. The summed E-state index contributed by atoms with van der Waals surface area (Å²) in [5, 5.41) is 3.33. The van der Waals surface area contributed by atoms with Crippen molar-refractivity contribution in [2.24, 2.45) is 0 Å². The molecule has 1 N–H and O–H groups in total. The summed E-state index contributed by atoms with van der Waals surface area (Å²) in [4.78, 5) is 12.2. The van der Waals surface area contributed by atoms with Gasteiger partial charge in [0.05, 0.1) is 4.88 Å². The van der Waals surface area contributed by atoms with Crippen molar-refractivity contribution in [3.05, 3.63) is 86.9 Å². The number of nitrogens with one attached hydrogen (secondary N) is 1. The smallest absolute Gasteiger partial charge is 0.265 e. The van der Waals surface area contributed by atoms with E-state index in [1.54, 1.807) is 22.8 Å². The summed E-state index contributed by atoms with van der Waals surface area (Å²) in [5.74, 6) is -11.2. The fourth-order valence-electron chi connectivity index (χ4n) is 2.55. The highest BCUT2D eigenvalue weighted by atomic mass is 32.1. The number of allylic oxidation sites excluding steroid dienone is 1. The van der Waals surface area contributed by atoms with Gasteiger partial charge < -0.3 is 10.1 Å². The van der Waals surface area contributed by atoms with Crippen LogP contribution in [0.4, 0.5) is 27.6 Å². The van der Waals surface area contributed by atoms with Crippen LogP contribution in [0.5, 0.6) is 5.75 Å². The molecular formula is C21H14F5NO2S. The molecule has 30 heavy (non-hydrogen) atoms. The molecule has 0 fully saturated rings. The number of rotatable bonds is 6. The number of anilines is 1. The zero-order valence-corrected chi connectivity index (χ0v) is 16.3. The molecule has 0 bridgehead atoms. The number of benzene rings is 2. The highest BCUT2D eigenvalue weighted by Gasteiger charge is 2.27. The lowest BCUT2D eigenvalue weighted by Gasteiger charge is -2.09. The second-order valence-corrected chi connectivity index (χ2v) is 6.96. The topological polar surface area (TPSA) is 38.3 Å². The van der Waals surface area contributed by atoms with Crippen molar-refractivity contribution >= 4 is 29.0 Å². The molecule has 0 aliphatic carbocycles. The zero-order valence-electron chi connectivity index (χ0n) is 15.4. The lowest BCUT2D eigenvalue weighted by Crippen LogP contribution is -2.16. The molecule has 156 valence electrons. The van der Waals surface area contributed by atoms with Crippen molar-refractivity contribution in [2.75, 3.05) is 5.32 Å². The maximum absolute atomic E-state index is 13.7. The van der Waals surface area contributed by atoms with E-state index < -0.39 is 40.7 Å². The Kier molecular flexibility index (Phi) is 6.51. The number of carbonyl (C=O) groups is 1. The number of carbonyl (C=O) groups excluding carboxylic acids is 1. The van der Waals surface area contributed by atoms with Crippen LogP contribution in [0.3, 0.4) is 0 Å². The van der Waals surface area contributed by atoms with E-state index in [9.17, 15) is 26.7 Å². The average Bonchev–Trinajstić information content (AvgIpc) is 3.22. The van der Waals surface area contributed by atoms with Crippen molar-refractivity contribution in [3.63, 3.8) is 0 Å². The van der Waals surface area contributed by atoms with Crippen LogP contribution in [0.2, 0.25) is 0 Å². The van der Waals surface area contributed by atoms with E-state index in [2.05, 4.69) is 0 Å². The molecule has 0 saturated carbocycles. The summed E-state index contributed by atoms with van der Waals surface area (Å²) in [6.07, 6.45) is 3.72. The van der Waals surface area contributed by atoms with Gasteiger partial charge in [0.1, 0.15) is 18.0 Å². The molecule has 0 unspecified atom stereocenters. The summed E-state index contributed by atoms with van der Waals surface area (Å²) < 4.78 is 72.9. The maximum atomic E-state index is 13.7. The van der Waals surface area contributed by atoms with E-state index >= 15 is 0 Å². The minimum Gasteiger partial charge on any atom is -0.488 e. The van der Waals surface area contributed by atoms with E-state index in [-0.39, 0.29) is 11.5 Å². The molecule has 3 nitrogen and oxygen atoms in total. The first-order valence-electron chi connectivity index (χ1n) is 8.58. The Morgan fingerprint density at radius 2 is 1.67 bits per heavy atom. The molecule has 3 rings (SSSR count). The molecule has 1 amide bonds. The summed E-state index contributed by atoms with van der Waals surface area (Å²) >= 11 is 0.937. The third kappa shape index (κ3) is 4.35. The van der Waals surface area contributed by atoms with Crippen LogP contribution in [-0.4, -0.2) is 5.91 Å². The van der Waals surface area contributed by atoms with Gasteiger partial charge in [-0.15, -0.1) is 11.3 Å². The van der Waals surface area contributed by atoms with Gasteiger partial charge in [-0.1, -0.05) is 30.4 Å². The van der Waals surface area contributed by atoms with Gasteiger partial charge in [-0.25, -0.2) is 22.0 Å². The molecule has 0 saturated heterocycles. The van der Waals surface area contributed by atoms with Gasteiger partial charge in [0.15, 0.2) is 23.3 Å². The van der Waals surface area contributed by atoms with Gasteiger partial charge in [0.2, 0.25) is 5.82 Å². The van der Waals surface area contributed by atoms with Gasteiger partial charge in [-0.3, -0.25) is 4.79 Å². The molecule has 0 radical (unpaired) electrons. The van der Waals surface area contributed by atoms with E-state index in [1.165, 1.54) is 6.07 Å². The summed E-state index contributed by atoms with van der Waals surface area (Å²) in [6, 6.07) is 8.71. The van der Waals surface area contributed by atoms with Crippen LogP contribution in [-0.2, 0) is 6.61 Å². The largest absolute Gasteiger partial charge is 0.488 e. The molecule has 1 heterocycles. The SMILES string of the molecule is C/C=C/c1ccccc1OCc1csc(C(=O)Nc2c(F)c(F)c(F)c(F)c2F)c1. The molecule has 0 spiro atoms. The molecule has 3 aromatic rings. The zero-order chi connectivity index (χ0) is 21.8. The predicted octanol–water partition coefficient (Wildman–Crippen LogP) is 6.31. The Morgan fingerprint density at radius 3 is 2.33 bits per heavy atom. The van der Waals surface area contributed by atoms with Gasteiger partial charge in [-0.2, -0.15) is 0 Å². The van der Waals surface area contributed by atoms with E-state index in [4.69, 9.17) is 4.74 Å². The van der Waals surface area contributed by atoms with E-state index in [0.29, 0.717) is 11.3 Å². The number of ether oxygens (including phenoxy) is 1. The number of hydrogen-bond acceptors (Lipinski definition) is 3. The first-order valence-corrected chi connectivity index (χ1v) is 9.46. The van der Waals surface area contributed by atoms with Crippen molar-refractivity contribution in [3.8, 4) is 5.75 Å². The van der Waals surface area contributed by atoms with Crippen LogP contribution in [0.15, 0.2) is 41.8 Å². The molecule has 0 aliphatic heterocycles. The molecule has 1 aromatic heterocycles. The third-order valence-corrected chi connectivity index (χ3v) is 4.96. The highest BCUT2D eigenvalue weighted by Crippen LogP contribution is 2.28. The van der Waals surface area contributed by atoms with Crippen molar-refractivity contribution < 1.29 is 31.5 Å². The van der Waals surface area contributed by atoms with Crippen molar-refractivity contribution in [1.29, 1.82) is 0 Å². The van der Waals surface area contributed by atoms with Crippen LogP contribution < -0.4 is 10.1 Å². The highest BCUT2D eigenvalue weighted by molar-refractivity contribution is 7.12. The number of amides is 1. The third-order valence-electron chi connectivity index (χ3n) is 3.99. The van der Waals surface area contributed by atoms with E-state index in [1.807, 2.05) is 31.2 Å². The Morgan fingerprint density at radius 1 is 1.03 bits per heavy atom. The fraction of sp³-hybridized carbons (Fsp3) is 0.0952. The number of hydrogen-bond donors (Lipinski definition) is 1. The normalized spacial score (nSPS) is 11.1. The minimum atomic E-state index is -2.29. The lowest BCUT2D eigenvalue weighted by atomic mass is 10.2. The van der Waals surface area contributed by atoms with Crippen LogP contribution >= 0.6 is 11.3 Å². The maximum Gasteiger partial charge on any atom is 0.265 e. The Balaban J connectivity index is 1.74. The Bertz CT molecular complexity index is 1100. The van der Waals surface area contributed by atoms with Crippen molar-refractivity contribution in [2.45, 2.75) is 13.5 Å². The summed E-state index contributed by atoms with van der Waals surface area (Å²) in [5.41, 5.74) is 0.0558. The number of thiophene rings is 1. The first-order chi connectivity index (χ1) is 14.3. The van der Waals surface area contributed by atoms with Gasteiger partial charge in [0.25, 0.3) is 5.91 Å². The van der Waals surface area contributed by atoms with Crippen LogP contribution in [0, 0.1) is 29.1 Å². The first kappa shape index (κ1) is 21.5. The molecule has 0 atom stereocenters. The van der Waals surface area contributed by atoms with E-state index in [0.717, 1.165) is 16.9 Å². The summed E-state index contributed by atoms with van der Waals surface area (Å²) in [7, 11) is 0. The molecular weight excluding hydrogens is 425 g/mol. The predicted molar refractivity (Wildman–Crippen MR) is 104 cm³/mol. The van der Waals surface area contributed by atoms with Crippen LogP contribution in [0.25, 0.3) is 6.08 Å². The Hall–Kier alpha value is -3.20. The number of para-hydroxylation sites is 1. The van der Waals surface area contributed by atoms with Gasteiger partial charge in [0, 0.05) is 11.1 Å². The molecule has 2 aromatic carbocycles. The standard InChI is InChI=1S/C21H14F5NO2S/c1-2-5-12-6-3-4-7-13(12)29-9-11-8-14(30-10-11)21(28)27-20-18(25)16(23)15(22)17(24)19(20)26/h2-8,10H,9H2,1H3,(H,27,28)/b5-2+. The minimum absolute atomic E-state index is 0.0132. The number of halogens is 5. The Labute approximate surface area is 172 Å². The van der Waals surface area contributed by atoms with Crippen LogP contribution in [0.1, 0.15) is 27.7 Å². The second-order valence-electron chi connectivity index (χ2n) is 6.04. The average molecular weight is 439 g/mol. The molecule has 0 aliphatic rings. The van der Waals surface area contributed by atoms with Gasteiger partial charge >= 0.3 is 0 Å². The van der Waals surface area contributed by atoms with Gasteiger partial charge in [-0.05, 0) is 24.4 Å². The quantitative estimate of drug-likeness (QED) is 0.278. The second kappa shape index (κ2) is 9.08. The fourth-order valence-corrected chi connectivity index (χ4v) is 3.34. The summed E-state index contributed by atoms with van der Waals surface area (Å²) in [6.45, 7) is 1.98.